The molecule has 0 aliphatic heterocycles. The molecule has 0 aromatic rings. The maximum atomic E-state index is 10.0. The second-order valence-corrected chi connectivity index (χ2v) is 2.14. The fourth-order valence-corrected chi connectivity index (χ4v) is 0.331. The van der Waals surface area contributed by atoms with Crippen LogP contribution in [0.4, 0.5) is 0 Å². The van der Waals surface area contributed by atoms with Crippen molar-refractivity contribution in [3.8, 4) is 11.8 Å². The zero-order chi connectivity index (χ0) is 7.98. The lowest BCUT2D eigenvalue weighted by molar-refractivity contribution is -0.110. The smallest absolute Gasteiger partial charge is 0.134 e. The third-order valence-electron chi connectivity index (χ3n) is 0.947. The van der Waals surface area contributed by atoms with Gasteiger partial charge in [-0.05, 0) is 13.8 Å². The molecule has 0 aromatic heterocycles. The van der Waals surface area contributed by atoms with E-state index in [2.05, 4.69) is 11.8 Å². The van der Waals surface area contributed by atoms with Crippen molar-refractivity contribution in [2.24, 2.45) is 11.8 Å². The van der Waals surface area contributed by atoms with E-state index in [-0.39, 0.29) is 11.8 Å². The molecule has 0 bridgehead atoms. The SMILES string of the molecule is CC(C#CC(C)C=O)C=O. The number of carbonyl (C=O) groups excluding carboxylic acids is 2. The highest BCUT2D eigenvalue weighted by atomic mass is 16.1. The third kappa shape index (κ3) is 3.85. The first kappa shape index (κ1) is 8.90. The van der Waals surface area contributed by atoms with Crippen LogP contribution in [0, 0.1) is 23.7 Å². The van der Waals surface area contributed by atoms with Crippen LogP contribution >= 0.6 is 0 Å². The molecule has 0 N–H and O–H groups in total. The van der Waals surface area contributed by atoms with Gasteiger partial charge in [0.05, 0.1) is 11.8 Å². The van der Waals surface area contributed by atoms with Gasteiger partial charge in [0.25, 0.3) is 0 Å². The van der Waals surface area contributed by atoms with Crippen LogP contribution in [0.5, 0.6) is 0 Å². The molecule has 54 valence electrons. The zero-order valence-electron chi connectivity index (χ0n) is 6.13. The van der Waals surface area contributed by atoms with Crippen molar-refractivity contribution in [1.29, 1.82) is 0 Å². The zero-order valence-corrected chi connectivity index (χ0v) is 6.13. The predicted molar refractivity (Wildman–Crippen MR) is 38.2 cm³/mol. The second kappa shape index (κ2) is 4.75. The first-order valence-electron chi connectivity index (χ1n) is 3.12. The Labute approximate surface area is 60.6 Å². The number of rotatable bonds is 2. The van der Waals surface area contributed by atoms with Crippen LogP contribution in [0.2, 0.25) is 0 Å². The Bertz CT molecular complexity index is 155. The molecule has 0 fully saturated rings. The summed E-state index contributed by atoms with van der Waals surface area (Å²) in [6.45, 7) is 3.38. The highest BCUT2D eigenvalue weighted by Gasteiger charge is 1.93. The van der Waals surface area contributed by atoms with E-state index in [0.29, 0.717) is 0 Å². The minimum absolute atomic E-state index is 0.262. The Kier molecular flexibility index (Phi) is 4.23. The predicted octanol–water partition coefficient (Wildman–Crippen LogP) is 0.660. The summed E-state index contributed by atoms with van der Waals surface area (Å²) in [5.41, 5.74) is 0. The molecule has 10 heavy (non-hydrogen) atoms. The average Bonchev–Trinajstić information content (AvgIpc) is 1.99. The summed E-state index contributed by atoms with van der Waals surface area (Å²) >= 11 is 0. The maximum absolute atomic E-state index is 10.0. The maximum Gasteiger partial charge on any atom is 0.134 e. The van der Waals surface area contributed by atoms with Crippen LogP contribution in [-0.4, -0.2) is 12.6 Å². The molecule has 2 atom stereocenters. The highest BCUT2D eigenvalue weighted by molar-refractivity contribution is 5.61. The molecule has 0 aliphatic rings. The minimum atomic E-state index is -0.262. The first-order valence-corrected chi connectivity index (χ1v) is 3.12. The Hall–Kier alpha value is -1.10. The average molecular weight is 138 g/mol. The summed E-state index contributed by atoms with van der Waals surface area (Å²) in [4.78, 5) is 20.0. The standard InChI is InChI=1S/C8H10O2/c1-7(5-9)3-4-8(2)6-10/h5-8H,1-2H3. The lowest BCUT2D eigenvalue weighted by Gasteiger charge is -1.88. The highest BCUT2D eigenvalue weighted by Crippen LogP contribution is 1.88. The Morgan fingerprint density at radius 1 is 1.00 bits per heavy atom. The second-order valence-electron chi connectivity index (χ2n) is 2.14. The van der Waals surface area contributed by atoms with Crippen LogP contribution < -0.4 is 0 Å². The number of hydrogen-bond donors (Lipinski definition) is 0. The summed E-state index contributed by atoms with van der Waals surface area (Å²) in [7, 11) is 0. The summed E-state index contributed by atoms with van der Waals surface area (Å²) in [6, 6.07) is 0. The monoisotopic (exact) mass is 138 g/mol. The Balaban J connectivity index is 3.88. The summed E-state index contributed by atoms with van der Waals surface area (Å²) < 4.78 is 0. The molecular weight excluding hydrogens is 128 g/mol. The van der Waals surface area contributed by atoms with E-state index in [1.165, 1.54) is 0 Å². The van der Waals surface area contributed by atoms with Gasteiger partial charge in [0.1, 0.15) is 12.6 Å². The van der Waals surface area contributed by atoms with Crippen LogP contribution in [0.25, 0.3) is 0 Å². The van der Waals surface area contributed by atoms with E-state index in [1.807, 2.05) is 0 Å². The first-order chi connectivity index (χ1) is 4.70. The summed E-state index contributed by atoms with van der Waals surface area (Å²) in [5.74, 6) is 4.74. The molecule has 0 saturated carbocycles. The molecule has 0 heterocycles. The Morgan fingerprint density at radius 2 is 1.30 bits per heavy atom. The van der Waals surface area contributed by atoms with Gasteiger partial charge in [-0.1, -0.05) is 11.8 Å². The van der Waals surface area contributed by atoms with E-state index in [1.54, 1.807) is 13.8 Å². The molecular formula is C8H10O2. The van der Waals surface area contributed by atoms with Gasteiger partial charge >= 0.3 is 0 Å². The molecule has 0 aliphatic carbocycles. The quantitative estimate of drug-likeness (QED) is 0.415. The normalized spacial score (nSPS) is 14.2. The molecule has 0 rings (SSSR count). The Morgan fingerprint density at radius 3 is 1.50 bits per heavy atom. The molecule has 0 aromatic carbocycles. The van der Waals surface area contributed by atoms with Crippen molar-refractivity contribution in [1.82, 2.24) is 0 Å². The van der Waals surface area contributed by atoms with E-state index in [4.69, 9.17) is 0 Å². The van der Waals surface area contributed by atoms with E-state index in [0.717, 1.165) is 12.6 Å². The van der Waals surface area contributed by atoms with Crippen LogP contribution in [0.3, 0.4) is 0 Å². The topological polar surface area (TPSA) is 34.1 Å². The lowest BCUT2D eigenvalue weighted by Crippen LogP contribution is -1.94. The largest absolute Gasteiger partial charge is 0.302 e. The number of aldehydes is 2. The third-order valence-corrected chi connectivity index (χ3v) is 0.947. The van der Waals surface area contributed by atoms with Crippen LogP contribution in [0.15, 0.2) is 0 Å². The van der Waals surface area contributed by atoms with Crippen molar-refractivity contribution in [3.63, 3.8) is 0 Å². The van der Waals surface area contributed by atoms with Crippen LogP contribution in [0.1, 0.15) is 13.8 Å². The van der Waals surface area contributed by atoms with E-state index >= 15 is 0 Å². The molecule has 0 radical (unpaired) electrons. The minimum Gasteiger partial charge on any atom is -0.302 e. The van der Waals surface area contributed by atoms with Crippen LogP contribution in [-0.2, 0) is 9.59 Å². The van der Waals surface area contributed by atoms with Crippen molar-refractivity contribution >= 4 is 12.6 Å². The molecule has 0 amide bonds. The molecule has 0 spiro atoms. The van der Waals surface area contributed by atoms with Gasteiger partial charge in [0, 0.05) is 0 Å². The molecule has 2 nitrogen and oxygen atoms in total. The fraction of sp³-hybridized carbons (Fsp3) is 0.500. The van der Waals surface area contributed by atoms with Gasteiger partial charge in [0.15, 0.2) is 0 Å². The molecule has 2 unspecified atom stereocenters. The van der Waals surface area contributed by atoms with Gasteiger partial charge in [-0.2, -0.15) is 0 Å². The van der Waals surface area contributed by atoms with Gasteiger partial charge < -0.3 is 9.59 Å². The fourth-order valence-electron chi connectivity index (χ4n) is 0.331. The van der Waals surface area contributed by atoms with E-state index in [9.17, 15) is 9.59 Å². The van der Waals surface area contributed by atoms with Gasteiger partial charge in [-0.25, -0.2) is 0 Å². The van der Waals surface area contributed by atoms with Crippen molar-refractivity contribution < 1.29 is 9.59 Å². The van der Waals surface area contributed by atoms with Gasteiger partial charge in [0.2, 0.25) is 0 Å². The van der Waals surface area contributed by atoms with Gasteiger partial charge in [-0.15, -0.1) is 0 Å². The number of hydrogen-bond acceptors (Lipinski definition) is 2. The summed E-state index contributed by atoms with van der Waals surface area (Å²) in [5, 5.41) is 0. The van der Waals surface area contributed by atoms with E-state index < -0.39 is 0 Å². The van der Waals surface area contributed by atoms with Crippen molar-refractivity contribution in [2.75, 3.05) is 0 Å². The number of carbonyl (C=O) groups is 2. The summed E-state index contributed by atoms with van der Waals surface area (Å²) in [6.07, 6.45) is 1.51. The van der Waals surface area contributed by atoms with Crippen molar-refractivity contribution in [3.05, 3.63) is 0 Å². The molecule has 2 heteroatoms. The molecule has 0 saturated heterocycles. The van der Waals surface area contributed by atoms with Gasteiger partial charge in [-0.3, -0.25) is 0 Å². The van der Waals surface area contributed by atoms with Crippen molar-refractivity contribution in [2.45, 2.75) is 13.8 Å². The lowest BCUT2D eigenvalue weighted by atomic mass is 10.1.